The summed E-state index contributed by atoms with van der Waals surface area (Å²) in [7, 11) is 0. The van der Waals surface area contributed by atoms with Crippen LogP contribution in [0.15, 0.2) is 39.3 Å². The molecule has 0 aliphatic heterocycles. The maximum atomic E-state index is 13.4. The Labute approximate surface area is 151 Å². The summed E-state index contributed by atoms with van der Waals surface area (Å²) in [6.07, 6.45) is 0. The molecule has 0 atom stereocenters. The van der Waals surface area contributed by atoms with Crippen molar-refractivity contribution in [3.05, 3.63) is 56.5 Å². The van der Waals surface area contributed by atoms with Gasteiger partial charge in [-0.25, -0.2) is 13.6 Å². The van der Waals surface area contributed by atoms with Crippen LogP contribution in [-0.4, -0.2) is 23.6 Å². The molecule has 0 saturated heterocycles. The van der Waals surface area contributed by atoms with Crippen LogP contribution in [0.4, 0.5) is 14.5 Å². The Hall–Kier alpha value is -2.00. The van der Waals surface area contributed by atoms with Gasteiger partial charge in [0, 0.05) is 10.5 Å². The van der Waals surface area contributed by atoms with Crippen LogP contribution in [0.5, 0.6) is 5.75 Å². The molecule has 9 heteroatoms. The van der Waals surface area contributed by atoms with Crippen LogP contribution >= 0.6 is 31.9 Å². The van der Waals surface area contributed by atoms with E-state index in [-0.39, 0.29) is 21.5 Å². The Morgan fingerprint density at radius 2 is 1.88 bits per heavy atom. The predicted molar refractivity (Wildman–Crippen MR) is 88.8 cm³/mol. The molecule has 0 bridgehead atoms. The first-order chi connectivity index (χ1) is 11.3. The van der Waals surface area contributed by atoms with Crippen molar-refractivity contribution in [3.63, 3.8) is 0 Å². The smallest absolute Gasteiger partial charge is 0.342 e. The number of hydrogen-bond acceptors (Lipinski definition) is 4. The van der Waals surface area contributed by atoms with Crippen LogP contribution in [0.2, 0.25) is 0 Å². The molecule has 5 nitrogen and oxygen atoms in total. The minimum atomic E-state index is -0.954. The van der Waals surface area contributed by atoms with Gasteiger partial charge < -0.3 is 15.2 Å². The molecule has 0 aliphatic carbocycles. The fourth-order valence-corrected chi connectivity index (χ4v) is 2.94. The van der Waals surface area contributed by atoms with E-state index >= 15 is 0 Å². The van der Waals surface area contributed by atoms with E-state index in [0.29, 0.717) is 4.47 Å². The topological polar surface area (TPSA) is 75.6 Å². The van der Waals surface area contributed by atoms with E-state index in [1.807, 2.05) is 0 Å². The van der Waals surface area contributed by atoms with Crippen LogP contribution in [0.25, 0.3) is 0 Å². The number of carbonyl (C=O) groups excluding carboxylic acids is 2. The lowest BCUT2D eigenvalue weighted by Crippen LogP contribution is -2.21. The summed E-state index contributed by atoms with van der Waals surface area (Å²) >= 11 is 6.21. The Morgan fingerprint density at radius 3 is 2.58 bits per heavy atom. The van der Waals surface area contributed by atoms with Gasteiger partial charge in [0.25, 0.3) is 5.91 Å². The third-order valence-corrected chi connectivity index (χ3v) is 3.85. The van der Waals surface area contributed by atoms with Crippen molar-refractivity contribution < 1.29 is 28.2 Å². The minimum absolute atomic E-state index is 0.166. The second-order valence-corrected chi connectivity index (χ2v) is 6.30. The molecular weight excluding hydrogens is 456 g/mol. The van der Waals surface area contributed by atoms with Crippen LogP contribution in [0.1, 0.15) is 10.4 Å². The fraction of sp³-hybridized carbons (Fsp3) is 0.0667. The Balaban J connectivity index is 2.01. The van der Waals surface area contributed by atoms with Gasteiger partial charge in [0.2, 0.25) is 0 Å². The van der Waals surface area contributed by atoms with Gasteiger partial charge in [-0.15, -0.1) is 0 Å². The molecule has 0 fully saturated rings. The number of hydrogen-bond donors (Lipinski definition) is 2. The zero-order chi connectivity index (χ0) is 17.9. The molecule has 1 amide bonds. The Morgan fingerprint density at radius 1 is 1.17 bits per heavy atom. The van der Waals surface area contributed by atoms with Gasteiger partial charge in [-0.1, -0.05) is 15.9 Å². The number of anilines is 1. The second kappa shape index (κ2) is 7.71. The van der Waals surface area contributed by atoms with Gasteiger partial charge in [0.1, 0.15) is 22.9 Å². The van der Waals surface area contributed by atoms with E-state index in [1.54, 1.807) is 0 Å². The number of phenolic OH excluding ortho intramolecular Hbond substituents is 1. The summed E-state index contributed by atoms with van der Waals surface area (Å²) in [6.45, 7) is -0.738. The van der Waals surface area contributed by atoms with Gasteiger partial charge in [0.05, 0.1) is 10.2 Å². The average molecular weight is 465 g/mol. The quantitative estimate of drug-likeness (QED) is 0.671. The maximum absolute atomic E-state index is 13.4. The number of aromatic hydroxyl groups is 1. The highest BCUT2D eigenvalue weighted by molar-refractivity contribution is 9.11. The summed E-state index contributed by atoms with van der Waals surface area (Å²) in [6, 6.07) is 5.39. The molecule has 2 rings (SSSR count). The lowest BCUT2D eigenvalue weighted by atomic mass is 10.2. The van der Waals surface area contributed by atoms with Crippen molar-refractivity contribution in [3.8, 4) is 5.75 Å². The molecule has 2 aromatic carbocycles. The highest BCUT2D eigenvalue weighted by atomic mass is 79.9. The van der Waals surface area contributed by atoms with Crippen molar-refractivity contribution in [1.29, 1.82) is 0 Å². The molecule has 0 radical (unpaired) electrons. The zero-order valence-corrected chi connectivity index (χ0v) is 14.9. The van der Waals surface area contributed by atoms with Gasteiger partial charge in [-0.05, 0) is 40.2 Å². The number of halogens is 4. The number of amides is 1. The Bertz CT molecular complexity index is 814. The monoisotopic (exact) mass is 463 g/mol. The van der Waals surface area contributed by atoms with Crippen LogP contribution in [0, 0.1) is 11.6 Å². The van der Waals surface area contributed by atoms with E-state index in [9.17, 15) is 23.5 Å². The van der Waals surface area contributed by atoms with Crippen LogP contribution in [-0.2, 0) is 9.53 Å². The Kier molecular flexibility index (Phi) is 5.89. The first kappa shape index (κ1) is 18.3. The van der Waals surface area contributed by atoms with Gasteiger partial charge in [0.15, 0.2) is 6.61 Å². The highest BCUT2D eigenvalue weighted by Crippen LogP contribution is 2.32. The molecule has 0 heterocycles. The molecule has 126 valence electrons. The molecule has 0 spiro atoms. The van der Waals surface area contributed by atoms with Gasteiger partial charge in [-0.3, -0.25) is 4.79 Å². The summed E-state index contributed by atoms with van der Waals surface area (Å²) in [4.78, 5) is 23.6. The second-order valence-electron chi connectivity index (χ2n) is 4.53. The zero-order valence-electron chi connectivity index (χ0n) is 11.8. The number of phenols is 1. The third kappa shape index (κ3) is 4.51. The standard InChI is InChI=1S/C15H9Br2F2NO4/c16-7-3-9(14(22)10(17)4-7)15(23)24-6-13(21)20-12-5-8(18)1-2-11(12)19/h1-5,22H,6H2,(H,20,21). The van der Waals surface area contributed by atoms with Gasteiger partial charge in [-0.2, -0.15) is 0 Å². The molecule has 0 aliphatic rings. The van der Waals surface area contributed by atoms with Crippen molar-refractivity contribution in [2.45, 2.75) is 0 Å². The van der Waals surface area contributed by atoms with Gasteiger partial charge >= 0.3 is 5.97 Å². The van der Waals surface area contributed by atoms with Crippen LogP contribution in [0.3, 0.4) is 0 Å². The number of carbonyl (C=O) groups is 2. The van der Waals surface area contributed by atoms with E-state index < -0.39 is 30.1 Å². The average Bonchev–Trinajstić information content (AvgIpc) is 2.52. The van der Waals surface area contributed by atoms with E-state index in [1.165, 1.54) is 12.1 Å². The van der Waals surface area contributed by atoms with Crippen molar-refractivity contribution >= 4 is 49.4 Å². The lowest BCUT2D eigenvalue weighted by molar-refractivity contribution is -0.119. The third-order valence-electron chi connectivity index (χ3n) is 2.78. The molecule has 2 aromatic rings. The SMILES string of the molecule is O=C(COC(=O)c1cc(Br)cc(Br)c1O)Nc1cc(F)ccc1F. The van der Waals surface area contributed by atoms with Crippen molar-refractivity contribution in [2.75, 3.05) is 11.9 Å². The minimum Gasteiger partial charge on any atom is -0.506 e. The number of benzene rings is 2. The largest absolute Gasteiger partial charge is 0.506 e. The molecule has 0 saturated carbocycles. The predicted octanol–water partition coefficient (Wildman–Crippen LogP) is 3.99. The van der Waals surface area contributed by atoms with E-state index in [2.05, 4.69) is 37.2 Å². The fourth-order valence-electron chi connectivity index (χ4n) is 1.71. The summed E-state index contributed by atoms with van der Waals surface area (Å²) in [5.74, 6) is -3.72. The first-order valence-electron chi connectivity index (χ1n) is 6.38. The molecular formula is C15H9Br2F2NO4. The number of ether oxygens (including phenoxy) is 1. The maximum Gasteiger partial charge on any atom is 0.342 e. The number of esters is 1. The molecule has 24 heavy (non-hydrogen) atoms. The number of rotatable bonds is 4. The normalized spacial score (nSPS) is 10.3. The van der Waals surface area contributed by atoms with Crippen LogP contribution < -0.4 is 5.32 Å². The summed E-state index contributed by atoms with van der Waals surface area (Å²) < 4.78 is 31.9. The van der Waals surface area contributed by atoms with E-state index in [0.717, 1.165) is 18.2 Å². The summed E-state index contributed by atoms with van der Waals surface area (Å²) in [5.41, 5.74) is -0.537. The molecule has 0 aromatic heterocycles. The molecule has 0 unspecified atom stereocenters. The molecule has 2 N–H and O–H groups in total. The van der Waals surface area contributed by atoms with Crippen molar-refractivity contribution in [2.24, 2.45) is 0 Å². The lowest BCUT2D eigenvalue weighted by Gasteiger charge is -2.09. The summed E-state index contributed by atoms with van der Waals surface area (Å²) in [5, 5.41) is 11.9. The number of nitrogens with one attached hydrogen (secondary N) is 1. The van der Waals surface area contributed by atoms with Crippen molar-refractivity contribution in [1.82, 2.24) is 0 Å². The first-order valence-corrected chi connectivity index (χ1v) is 7.96. The van der Waals surface area contributed by atoms with E-state index in [4.69, 9.17) is 4.74 Å². The highest BCUT2D eigenvalue weighted by Gasteiger charge is 2.18.